The number of hydrogen-bond acceptors (Lipinski definition) is 2. The van der Waals surface area contributed by atoms with E-state index in [-0.39, 0.29) is 24.4 Å². The molecule has 0 radical (unpaired) electrons. The van der Waals surface area contributed by atoms with Crippen LogP contribution in [0.4, 0.5) is 0 Å². The monoisotopic (exact) mass is 332 g/mol. The van der Waals surface area contributed by atoms with Crippen LogP contribution in [0.2, 0.25) is 0 Å². The molecular formula is C13H18BrClN2O. The van der Waals surface area contributed by atoms with Crippen LogP contribution in [0.5, 0.6) is 0 Å². The van der Waals surface area contributed by atoms with Crippen LogP contribution in [0.1, 0.15) is 28.8 Å². The highest BCUT2D eigenvalue weighted by Gasteiger charge is 2.23. The Morgan fingerprint density at radius 3 is 2.83 bits per heavy atom. The first kappa shape index (κ1) is 15.5. The first-order valence-corrected chi connectivity index (χ1v) is 6.68. The van der Waals surface area contributed by atoms with Crippen molar-refractivity contribution in [2.75, 3.05) is 13.1 Å². The maximum Gasteiger partial charge on any atom is 0.254 e. The number of carbonyl (C=O) groups excluding carboxylic acids is 1. The molecule has 1 aromatic carbocycles. The van der Waals surface area contributed by atoms with Crippen LogP contribution in [0, 0.1) is 6.92 Å². The number of halogens is 2. The summed E-state index contributed by atoms with van der Waals surface area (Å²) in [6.07, 6.45) is 2.02. The Morgan fingerprint density at radius 2 is 2.22 bits per heavy atom. The number of aryl methyl sites for hydroxylation is 1. The molecule has 1 aromatic rings. The molecule has 1 saturated heterocycles. The fourth-order valence-electron chi connectivity index (χ4n) is 2.23. The van der Waals surface area contributed by atoms with Gasteiger partial charge in [0.05, 0.1) is 0 Å². The van der Waals surface area contributed by atoms with Gasteiger partial charge in [-0.1, -0.05) is 15.9 Å². The number of piperidine rings is 1. The Kier molecular flexibility index (Phi) is 5.63. The Balaban J connectivity index is 0.00000162. The van der Waals surface area contributed by atoms with E-state index in [1.165, 1.54) is 0 Å². The summed E-state index contributed by atoms with van der Waals surface area (Å²) in [7, 11) is 0. The number of benzene rings is 1. The number of nitrogens with zero attached hydrogens (tertiary/aromatic N) is 1. The molecule has 1 aliphatic heterocycles. The molecule has 0 saturated carbocycles. The number of likely N-dealkylation sites (tertiary alicyclic amines) is 1. The first-order valence-electron chi connectivity index (χ1n) is 5.89. The Morgan fingerprint density at radius 1 is 1.50 bits per heavy atom. The quantitative estimate of drug-likeness (QED) is 0.859. The average Bonchev–Trinajstić information content (AvgIpc) is 2.28. The molecule has 0 aromatic heterocycles. The molecule has 5 heteroatoms. The lowest BCUT2D eigenvalue weighted by atomic mass is 10.0. The van der Waals surface area contributed by atoms with Crippen molar-refractivity contribution in [1.29, 1.82) is 0 Å². The summed E-state index contributed by atoms with van der Waals surface area (Å²) in [6, 6.07) is 5.88. The van der Waals surface area contributed by atoms with E-state index in [1.54, 1.807) is 0 Å². The minimum atomic E-state index is 0. The van der Waals surface area contributed by atoms with Crippen LogP contribution in [-0.4, -0.2) is 29.9 Å². The van der Waals surface area contributed by atoms with Crippen LogP contribution in [0.15, 0.2) is 22.7 Å². The normalized spacial score (nSPS) is 19.3. The number of hydrogen-bond donors (Lipinski definition) is 1. The van der Waals surface area contributed by atoms with Crippen molar-refractivity contribution in [2.45, 2.75) is 25.8 Å². The topological polar surface area (TPSA) is 46.3 Å². The van der Waals surface area contributed by atoms with E-state index in [9.17, 15) is 4.79 Å². The number of carbonyl (C=O) groups is 1. The third kappa shape index (κ3) is 3.46. The summed E-state index contributed by atoms with van der Waals surface area (Å²) in [5.74, 6) is 0.102. The van der Waals surface area contributed by atoms with Crippen LogP contribution in [-0.2, 0) is 0 Å². The largest absolute Gasteiger partial charge is 0.337 e. The molecule has 0 spiro atoms. The van der Waals surface area contributed by atoms with Crippen LogP contribution >= 0.6 is 28.3 Å². The number of amides is 1. The van der Waals surface area contributed by atoms with Crippen molar-refractivity contribution in [3.05, 3.63) is 33.8 Å². The minimum absolute atomic E-state index is 0. The summed E-state index contributed by atoms with van der Waals surface area (Å²) in [5.41, 5.74) is 7.68. The third-order valence-corrected chi connectivity index (χ3v) is 3.66. The Hall–Kier alpha value is -0.580. The molecule has 1 amide bonds. The molecule has 3 nitrogen and oxygen atoms in total. The second kappa shape index (κ2) is 6.55. The van der Waals surface area contributed by atoms with Gasteiger partial charge in [0, 0.05) is 29.2 Å². The van der Waals surface area contributed by atoms with Gasteiger partial charge in [-0.2, -0.15) is 0 Å². The second-order valence-corrected chi connectivity index (χ2v) is 5.53. The van der Waals surface area contributed by atoms with E-state index in [2.05, 4.69) is 15.9 Å². The zero-order valence-corrected chi connectivity index (χ0v) is 12.8. The summed E-state index contributed by atoms with van der Waals surface area (Å²) >= 11 is 3.41. The Labute approximate surface area is 122 Å². The van der Waals surface area contributed by atoms with Gasteiger partial charge in [0.1, 0.15) is 0 Å². The maximum absolute atomic E-state index is 12.3. The van der Waals surface area contributed by atoms with E-state index in [0.29, 0.717) is 6.54 Å². The molecule has 2 N–H and O–H groups in total. The van der Waals surface area contributed by atoms with E-state index in [1.807, 2.05) is 30.0 Å². The molecule has 0 unspecified atom stereocenters. The Bertz CT molecular complexity index is 439. The van der Waals surface area contributed by atoms with E-state index in [4.69, 9.17) is 5.73 Å². The van der Waals surface area contributed by atoms with Crippen molar-refractivity contribution in [3.63, 3.8) is 0 Å². The smallest absolute Gasteiger partial charge is 0.254 e. The van der Waals surface area contributed by atoms with Crippen LogP contribution in [0.25, 0.3) is 0 Å². The first-order chi connectivity index (χ1) is 8.08. The molecule has 1 fully saturated rings. The number of rotatable bonds is 1. The molecule has 1 heterocycles. The maximum atomic E-state index is 12.3. The summed E-state index contributed by atoms with van der Waals surface area (Å²) in [6.45, 7) is 3.46. The predicted molar refractivity (Wildman–Crippen MR) is 79.2 cm³/mol. The molecule has 100 valence electrons. The highest BCUT2D eigenvalue weighted by molar-refractivity contribution is 9.10. The lowest BCUT2D eigenvalue weighted by molar-refractivity contribution is 0.0708. The van der Waals surface area contributed by atoms with Crippen LogP contribution < -0.4 is 5.73 Å². The van der Waals surface area contributed by atoms with Crippen LogP contribution in [0.3, 0.4) is 0 Å². The van der Waals surface area contributed by atoms with Gasteiger partial charge in [0.15, 0.2) is 0 Å². The molecule has 0 bridgehead atoms. The fourth-order valence-corrected chi connectivity index (χ4v) is 2.71. The SMILES string of the molecule is Cc1cc(Br)ccc1C(=O)N1CCC[C@@H](N)C1.Cl. The number of nitrogens with two attached hydrogens (primary N) is 1. The summed E-state index contributed by atoms with van der Waals surface area (Å²) in [5, 5.41) is 0. The standard InChI is InChI=1S/C13H17BrN2O.ClH/c1-9-7-10(14)4-5-12(9)13(17)16-6-2-3-11(15)8-16;/h4-5,7,11H,2-3,6,8,15H2,1H3;1H/t11-;/m1./s1. The minimum Gasteiger partial charge on any atom is -0.337 e. The van der Waals surface area contributed by atoms with Gasteiger partial charge < -0.3 is 10.6 Å². The van der Waals surface area contributed by atoms with E-state index < -0.39 is 0 Å². The molecule has 0 aliphatic carbocycles. The molecular weight excluding hydrogens is 316 g/mol. The molecule has 1 atom stereocenters. The lowest BCUT2D eigenvalue weighted by Gasteiger charge is -2.31. The zero-order valence-electron chi connectivity index (χ0n) is 10.4. The van der Waals surface area contributed by atoms with Gasteiger partial charge in [-0.15, -0.1) is 12.4 Å². The predicted octanol–water partition coefficient (Wildman–Crippen LogP) is 2.74. The van der Waals surface area contributed by atoms with Crippen molar-refractivity contribution < 1.29 is 4.79 Å². The van der Waals surface area contributed by atoms with Gasteiger partial charge in [-0.25, -0.2) is 0 Å². The van der Waals surface area contributed by atoms with Crippen molar-refractivity contribution in [1.82, 2.24) is 4.90 Å². The molecule has 2 rings (SSSR count). The molecule has 1 aliphatic rings. The van der Waals surface area contributed by atoms with Gasteiger partial charge in [0.25, 0.3) is 5.91 Å². The van der Waals surface area contributed by atoms with E-state index >= 15 is 0 Å². The highest BCUT2D eigenvalue weighted by Crippen LogP contribution is 2.19. The summed E-state index contributed by atoms with van der Waals surface area (Å²) in [4.78, 5) is 14.2. The summed E-state index contributed by atoms with van der Waals surface area (Å²) < 4.78 is 1.00. The molecule has 18 heavy (non-hydrogen) atoms. The van der Waals surface area contributed by atoms with Gasteiger partial charge in [0.2, 0.25) is 0 Å². The second-order valence-electron chi connectivity index (χ2n) is 4.61. The lowest BCUT2D eigenvalue weighted by Crippen LogP contribution is -2.45. The van der Waals surface area contributed by atoms with Crippen molar-refractivity contribution in [3.8, 4) is 0 Å². The third-order valence-electron chi connectivity index (χ3n) is 3.16. The zero-order chi connectivity index (χ0) is 12.4. The van der Waals surface area contributed by atoms with Gasteiger partial charge in [-0.05, 0) is 43.5 Å². The van der Waals surface area contributed by atoms with E-state index in [0.717, 1.165) is 35.0 Å². The van der Waals surface area contributed by atoms with Gasteiger partial charge in [-0.3, -0.25) is 4.79 Å². The highest BCUT2D eigenvalue weighted by atomic mass is 79.9. The van der Waals surface area contributed by atoms with Crippen molar-refractivity contribution in [2.24, 2.45) is 5.73 Å². The van der Waals surface area contributed by atoms with Gasteiger partial charge >= 0.3 is 0 Å². The fraction of sp³-hybridized carbons (Fsp3) is 0.462. The van der Waals surface area contributed by atoms with Crippen molar-refractivity contribution >= 4 is 34.2 Å². The average molecular weight is 334 g/mol.